The molecule has 1 saturated heterocycles. The summed E-state index contributed by atoms with van der Waals surface area (Å²) < 4.78 is 0. The summed E-state index contributed by atoms with van der Waals surface area (Å²) in [6.07, 6.45) is 1.14. The molecule has 0 radical (unpaired) electrons. The summed E-state index contributed by atoms with van der Waals surface area (Å²) in [6.45, 7) is 10.1. The van der Waals surface area contributed by atoms with E-state index in [1.54, 1.807) is 0 Å². The van der Waals surface area contributed by atoms with E-state index in [1.165, 1.54) is 11.3 Å². The van der Waals surface area contributed by atoms with Gasteiger partial charge in [0, 0.05) is 37.9 Å². The molecule has 1 N–H and O–H groups in total. The smallest absolute Gasteiger partial charge is 0.0415 e. The average molecular weight is 261 g/mol. The Kier molecular flexibility index (Phi) is 5.23. The lowest BCUT2D eigenvalue weighted by atomic mass is 10.0. The van der Waals surface area contributed by atoms with Crippen molar-refractivity contribution in [3.63, 3.8) is 0 Å². The lowest BCUT2D eigenvalue weighted by Crippen LogP contribution is -2.45. The number of piperazine rings is 1. The van der Waals surface area contributed by atoms with Crippen LogP contribution in [-0.2, 0) is 0 Å². The first-order valence-corrected chi connectivity index (χ1v) is 7.52. The Balaban J connectivity index is 2.20. The van der Waals surface area contributed by atoms with Gasteiger partial charge in [0.2, 0.25) is 0 Å². The van der Waals surface area contributed by atoms with Crippen molar-refractivity contribution in [2.45, 2.75) is 26.3 Å². The fourth-order valence-electron chi connectivity index (χ4n) is 2.84. The highest BCUT2D eigenvalue weighted by Crippen LogP contribution is 2.28. The van der Waals surface area contributed by atoms with Crippen molar-refractivity contribution in [1.82, 2.24) is 10.2 Å². The summed E-state index contributed by atoms with van der Waals surface area (Å²) in [5.41, 5.74) is 2.87. The number of likely N-dealkylation sites (N-methyl/N-ethyl adjacent to an activating group) is 1. The summed E-state index contributed by atoms with van der Waals surface area (Å²) in [5, 5.41) is 3.60. The molecule has 1 heterocycles. The van der Waals surface area contributed by atoms with Gasteiger partial charge in [0.15, 0.2) is 0 Å². The van der Waals surface area contributed by atoms with Crippen molar-refractivity contribution in [1.29, 1.82) is 0 Å². The van der Waals surface area contributed by atoms with E-state index in [2.05, 4.69) is 60.3 Å². The maximum Gasteiger partial charge on any atom is 0.0415 e. The lowest BCUT2D eigenvalue weighted by molar-refractivity contribution is 0.312. The average Bonchev–Trinajstić information content (AvgIpc) is 2.46. The molecule has 1 aromatic carbocycles. The van der Waals surface area contributed by atoms with Crippen LogP contribution < -0.4 is 10.2 Å². The van der Waals surface area contributed by atoms with Crippen LogP contribution in [0.3, 0.4) is 0 Å². The van der Waals surface area contributed by atoms with Crippen LogP contribution in [0.25, 0.3) is 0 Å². The molecule has 1 aliphatic rings. The van der Waals surface area contributed by atoms with Gasteiger partial charge in [-0.05, 0) is 31.6 Å². The molecule has 0 spiro atoms. The summed E-state index contributed by atoms with van der Waals surface area (Å²) in [6, 6.07) is 9.36. The molecule has 1 aliphatic heterocycles. The molecule has 3 nitrogen and oxygen atoms in total. The topological polar surface area (TPSA) is 18.5 Å². The summed E-state index contributed by atoms with van der Waals surface area (Å²) >= 11 is 0. The molecule has 1 fully saturated rings. The Labute approximate surface area is 117 Å². The van der Waals surface area contributed by atoms with Gasteiger partial charge in [-0.15, -0.1) is 0 Å². The third kappa shape index (κ3) is 3.48. The molecule has 3 heteroatoms. The van der Waals surface area contributed by atoms with Crippen LogP contribution in [0.2, 0.25) is 0 Å². The van der Waals surface area contributed by atoms with E-state index in [0.29, 0.717) is 6.04 Å². The van der Waals surface area contributed by atoms with Crippen LogP contribution in [-0.4, -0.2) is 44.7 Å². The number of para-hydroxylation sites is 1. The second-order valence-corrected chi connectivity index (χ2v) is 5.37. The van der Waals surface area contributed by atoms with Gasteiger partial charge in [0.25, 0.3) is 0 Å². The number of nitrogens with zero attached hydrogens (tertiary/aromatic N) is 2. The SMILES string of the molecule is CCNC(CC)c1ccccc1N1CCN(C)CC1. The predicted molar refractivity (Wildman–Crippen MR) is 82.9 cm³/mol. The largest absolute Gasteiger partial charge is 0.369 e. The zero-order valence-electron chi connectivity index (χ0n) is 12.5. The van der Waals surface area contributed by atoms with Crippen LogP contribution in [0.15, 0.2) is 24.3 Å². The number of nitrogens with one attached hydrogen (secondary N) is 1. The molecule has 0 aromatic heterocycles. The second-order valence-electron chi connectivity index (χ2n) is 5.37. The number of anilines is 1. The molecule has 19 heavy (non-hydrogen) atoms. The van der Waals surface area contributed by atoms with E-state index in [9.17, 15) is 0 Å². The first kappa shape index (κ1) is 14.4. The predicted octanol–water partition coefficient (Wildman–Crippen LogP) is 2.50. The number of hydrogen-bond donors (Lipinski definition) is 1. The van der Waals surface area contributed by atoms with Crippen molar-refractivity contribution >= 4 is 5.69 Å². The minimum absolute atomic E-state index is 0.473. The van der Waals surface area contributed by atoms with Gasteiger partial charge in [-0.25, -0.2) is 0 Å². The molecule has 106 valence electrons. The van der Waals surface area contributed by atoms with Crippen LogP contribution in [0.5, 0.6) is 0 Å². The van der Waals surface area contributed by atoms with Crippen molar-refractivity contribution < 1.29 is 0 Å². The molecule has 1 aromatic rings. The zero-order valence-corrected chi connectivity index (χ0v) is 12.5. The minimum Gasteiger partial charge on any atom is -0.369 e. The second kappa shape index (κ2) is 6.92. The highest BCUT2D eigenvalue weighted by Gasteiger charge is 2.19. The molecule has 0 saturated carbocycles. The summed E-state index contributed by atoms with van der Waals surface area (Å²) in [5.74, 6) is 0. The van der Waals surface area contributed by atoms with Gasteiger partial charge in [-0.1, -0.05) is 32.0 Å². The summed E-state index contributed by atoms with van der Waals surface area (Å²) in [4.78, 5) is 4.94. The maximum atomic E-state index is 3.60. The number of rotatable bonds is 5. The van der Waals surface area contributed by atoms with E-state index in [0.717, 1.165) is 39.1 Å². The molecule has 0 amide bonds. The van der Waals surface area contributed by atoms with Crippen LogP contribution in [0.4, 0.5) is 5.69 Å². The fraction of sp³-hybridized carbons (Fsp3) is 0.625. The Morgan fingerprint density at radius 2 is 1.79 bits per heavy atom. The Bertz CT molecular complexity index is 383. The van der Waals surface area contributed by atoms with Gasteiger partial charge >= 0.3 is 0 Å². The molecule has 1 atom stereocenters. The fourth-order valence-corrected chi connectivity index (χ4v) is 2.84. The van der Waals surface area contributed by atoms with E-state index in [-0.39, 0.29) is 0 Å². The van der Waals surface area contributed by atoms with Crippen LogP contribution >= 0.6 is 0 Å². The first-order valence-electron chi connectivity index (χ1n) is 7.52. The van der Waals surface area contributed by atoms with Crippen molar-refractivity contribution in [3.05, 3.63) is 29.8 Å². The highest BCUT2D eigenvalue weighted by atomic mass is 15.2. The van der Waals surface area contributed by atoms with Crippen molar-refractivity contribution in [2.75, 3.05) is 44.7 Å². The molecular weight excluding hydrogens is 234 g/mol. The third-order valence-electron chi connectivity index (χ3n) is 4.01. The van der Waals surface area contributed by atoms with E-state index < -0.39 is 0 Å². The van der Waals surface area contributed by atoms with Gasteiger partial charge in [0.05, 0.1) is 0 Å². The molecule has 0 aliphatic carbocycles. The maximum absolute atomic E-state index is 3.60. The van der Waals surface area contributed by atoms with Gasteiger partial charge < -0.3 is 15.1 Å². The van der Waals surface area contributed by atoms with Gasteiger partial charge in [-0.3, -0.25) is 0 Å². The Morgan fingerprint density at radius 3 is 2.42 bits per heavy atom. The Hall–Kier alpha value is -1.06. The van der Waals surface area contributed by atoms with Gasteiger partial charge in [-0.2, -0.15) is 0 Å². The highest BCUT2D eigenvalue weighted by molar-refractivity contribution is 5.55. The monoisotopic (exact) mass is 261 g/mol. The van der Waals surface area contributed by atoms with Gasteiger partial charge in [0.1, 0.15) is 0 Å². The van der Waals surface area contributed by atoms with Crippen LogP contribution in [0.1, 0.15) is 31.9 Å². The molecule has 1 unspecified atom stereocenters. The van der Waals surface area contributed by atoms with E-state index in [1.807, 2.05) is 0 Å². The Morgan fingerprint density at radius 1 is 1.11 bits per heavy atom. The van der Waals surface area contributed by atoms with E-state index in [4.69, 9.17) is 0 Å². The molecule has 0 bridgehead atoms. The zero-order chi connectivity index (χ0) is 13.7. The van der Waals surface area contributed by atoms with Crippen molar-refractivity contribution in [3.8, 4) is 0 Å². The minimum atomic E-state index is 0.473. The standard InChI is InChI=1S/C16H27N3/c1-4-15(17-5-2)14-8-6-7-9-16(14)19-12-10-18(3)11-13-19/h6-9,15,17H,4-5,10-13H2,1-3H3. The summed E-state index contributed by atoms with van der Waals surface area (Å²) in [7, 11) is 2.21. The van der Waals surface area contributed by atoms with Crippen molar-refractivity contribution in [2.24, 2.45) is 0 Å². The normalized spacial score (nSPS) is 18.6. The first-order chi connectivity index (χ1) is 9.26. The van der Waals surface area contributed by atoms with E-state index >= 15 is 0 Å². The lowest BCUT2D eigenvalue weighted by Gasteiger charge is -2.36. The number of hydrogen-bond acceptors (Lipinski definition) is 3. The number of benzene rings is 1. The quantitative estimate of drug-likeness (QED) is 0.878. The molecular formula is C16H27N3. The molecule has 2 rings (SSSR count). The van der Waals surface area contributed by atoms with Crippen LogP contribution in [0, 0.1) is 0 Å². The third-order valence-corrected chi connectivity index (χ3v) is 4.01.